The molecule has 0 amide bonds. The molecule has 5 heteroatoms. The van der Waals surface area contributed by atoms with Gasteiger partial charge in [0.05, 0.1) is 26.2 Å². The van der Waals surface area contributed by atoms with E-state index >= 15 is 0 Å². The van der Waals surface area contributed by atoms with E-state index in [4.69, 9.17) is 14.2 Å². The fourth-order valence-electron chi connectivity index (χ4n) is 1.98. The third kappa shape index (κ3) is 3.63. The zero-order valence-electron chi connectivity index (χ0n) is 12.6. The summed E-state index contributed by atoms with van der Waals surface area (Å²) in [7, 11) is 4.73. The van der Waals surface area contributed by atoms with Crippen LogP contribution in [0, 0.1) is 5.41 Å². The van der Waals surface area contributed by atoms with Gasteiger partial charge in [0, 0.05) is 18.7 Å². The van der Waals surface area contributed by atoms with Crippen LogP contribution in [0.2, 0.25) is 0 Å². The van der Waals surface area contributed by atoms with Gasteiger partial charge in [-0.05, 0) is 31.9 Å². The van der Waals surface area contributed by atoms with Crippen LogP contribution in [0.4, 0.5) is 0 Å². The number of carbonyl (C=O) groups is 1. The van der Waals surface area contributed by atoms with E-state index in [2.05, 4.69) is 0 Å². The monoisotopic (exact) mass is 282 g/mol. The van der Waals surface area contributed by atoms with E-state index in [1.54, 1.807) is 41.2 Å². The molecule has 0 aliphatic rings. The lowest BCUT2D eigenvalue weighted by atomic mass is 9.84. The first-order chi connectivity index (χ1) is 9.35. The Hall–Kier alpha value is -1.75. The number of hydrogen-bond donors (Lipinski definition) is 1. The first-order valence-electron chi connectivity index (χ1n) is 6.31. The molecule has 1 rings (SSSR count). The summed E-state index contributed by atoms with van der Waals surface area (Å²) in [6.45, 7) is 3.75. The molecule has 0 spiro atoms. The van der Waals surface area contributed by atoms with Crippen molar-refractivity contribution < 1.29 is 24.1 Å². The van der Waals surface area contributed by atoms with Gasteiger partial charge in [-0.1, -0.05) is 0 Å². The highest BCUT2D eigenvalue weighted by atomic mass is 16.5. The van der Waals surface area contributed by atoms with Crippen LogP contribution in [0.1, 0.15) is 25.0 Å². The van der Waals surface area contributed by atoms with Gasteiger partial charge in [0.15, 0.2) is 0 Å². The van der Waals surface area contributed by atoms with Crippen molar-refractivity contribution in [3.05, 3.63) is 23.3 Å². The molecule has 1 aromatic carbocycles. The number of methoxy groups -OCH3 is 3. The van der Waals surface area contributed by atoms with E-state index in [0.717, 1.165) is 11.1 Å². The molecule has 0 aliphatic carbocycles. The van der Waals surface area contributed by atoms with Gasteiger partial charge in [-0.3, -0.25) is 4.79 Å². The first kappa shape index (κ1) is 16.3. The van der Waals surface area contributed by atoms with Crippen molar-refractivity contribution in [3.63, 3.8) is 0 Å². The number of carboxylic acid groups (broad SMARTS) is 1. The number of aliphatic carboxylic acids is 1. The van der Waals surface area contributed by atoms with E-state index in [1.807, 2.05) is 6.07 Å². The minimum Gasteiger partial charge on any atom is -0.497 e. The van der Waals surface area contributed by atoms with Crippen LogP contribution in [0.5, 0.6) is 11.5 Å². The number of carboxylic acids is 1. The summed E-state index contributed by atoms with van der Waals surface area (Å²) in [5, 5.41) is 9.29. The van der Waals surface area contributed by atoms with Gasteiger partial charge in [0.2, 0.25) is 0 Å². The van der Waals surface area contributed by atoms with Gasteiger partial charge in [0.25, 0.3) is 0 Å². The van der Waals surface area contributed by atoms with Crippen LogP contribution in [-0.4, -0.2) is 32.4 Å². The average Bonchev–Trinajstić information content (AvgIpc) is 2.40. The molecule has 0 bridgehead atoms. The van der Waals surface area contributed by atoms with Crippen molar-refractivity contribution in [2.45, 2.75) is 26.9 Å². The first-order valence-corrected chi connectivity index (χ1v) is 6.31. The second-order valence-corrected chi connectivity index (χ2v) is 5.27. The van der Waals surface area contributed by atoms with E-state index in [9.17, 15) is 9.90 Å². The van der Waals surface area contributed by atoms with E-state index in [1.165, 1.54) is 0 Å². The Morgan fingerprint density at radius 3 is 2.30 bits per heavy atom. The molecular weight excluding hydrogens is 260 g/mol. The van der Waals surface area contributed by atoms with Crippen LogP contribution < -0.4 is 9.47 Å². The molecule has 0 radical (unpaired) electrons. The Balaban J connectivity index is 3.30. The number of benzene rings is 1. The van der Waals surface area contributed by atoms with Crippen LogP contribution >= 0.6 is 0 Å². The maximum atomic E-state index is 11.3. The summed E-state index contributed by atoms with van der Waals surface area (Å²) >= 11 is 0. The topological polar surface area (TPSA) is 65.0 Å². The third-order valence-electron chi connectivity index (χ3n) is 3.23. The predicted octanol–water partition coefficient (Wildman–Crippen LogP) is 2.50. The Morgan fingerprint density at radius 2 is 1.85 bits per heavy atom. The molecule has 0 fully saturated rings. The molecule has 0 aliphatic heterocycles. The molecule has 0 unspecified atom stereocenters. The van der Waals surface area contributed by atoms with Gasteiger partial charge in [-0.15, -0.1) is 0 Å². The van der Waals surface area contributed by atoms with Crippen LogP contribution in [0.25, 0.3) is 0 Å². The van der Waals surface area contributed by atoms with Crippen LogP contribution in [0.3, 0.4) is 0 Å². The predicted molar refractivity (Wildman–Crippen MR) is 75.4 cm³/mol. The fraction of sp³-hybridized carbons (Fsp3) is 0.533. The average molecular weight is 282 g/mol. The van der Waals surface area contributed by atoms with Gasteiger partial charge in [-0.2, -0.15) is 0 Å². The highest BCUT2D eigenvalue weighted by molar-refractivity contribution is 5.74. The number of rotatable bonds is 7. The standard InChI is InChI=1S/C15H22O5/c1-15(2,14(16)17)8-12-10(9-18-3)6-11(19-4)7-13(12)20-5/h6-7H,8-9H2,1-5H3,(H,16,17). The molecule has 1 N–H and O–H groups in total. The Kier molecular flexibility index (Phi) is 5.39. The van der Waals surface area contributed by atoms with Crippen molar-refractivity contribution >= 4 is 5.97 Å². The minimum atomic E-state index is -0.885. The van der Waals surface area contributed by atoms with Gasteiger partial charge >= 0.3 is 5.97 Å². The zero-order valence-corrected chi connectivity index (χ0v) is 12.6. The molecule has 0 heterocycles. The van der Waals surface area contributed by atoms with Crippen LogP contribution in [-0.2, 0) is 22.6 Å². The van der Waals surface area contributed by atoms with Crippen molar-refractivity contribution in [2.24, 2.45) is 5.41 Å². The fourth-order valence-corrected chi connectivity index (χ4v) is 1.98. The summed E-state index contributed by atoms with van der Waals surface area (Å²) in [6.07, 6.45) is 0.355. The van der Waals surface area contributed by atoms with Gasteiger partial charge < -0.3 is 19.3 Å². The maximum Gasteiger partial charge on any atom is 0.309 e. The summed E-state index contributed by atoms with van der Waals surface area (Å²) in [5.41, 5.74) is 0.824. The number of hydrogen-bond acceptors (Lipinski definition) is 4. The summed E-state index contributed by atoms with van der Waals surface area (Å²) in [4.78, 5) is 11.3. The van der Waals surface area contributed by atoms with Gasteiger partial charge in [-0.25, -0.2) is 0 Å². The Morgan fingerprint density at radius 1 is 1.20 bits per heavy atom. The second kappa shape index (κ2) is 6.61. The van der Waals surface area contributed by atoms with E-state index < -0.39 is 11.4 Å². The second-order valence-electron chi connectivity index (χ2n) is 5.27. The van der Waals surface area contributed by atoms with Crippen LogP contribution in [0.15, 0.2) is 12.1 Å². The minimum absolute atomic E-state index is 0.355. The molecular formula is C15H22O5. The van der Waals surface area contributed by atoms with Crippen molar-refractivity contribution in [3.8, 4) is 11.5 Å². The number of ether oxygens (including phenoxy) is 3. The van der Waals surface area contributed by atoms with Crippen molar-refractivity contribution in [2.75, 3.05) is 21.3 Å². The normalized spacial score (nSPS) is 11.2. The maximum absolute atomic E-state index is 11.3. The lowest BCUT2D eigenvalue weighted by molar-refractivity contribution is -0.146. The third-order valence-corrected chi connectivity index (χ3v) is 3.23. The highest BCUT2D eigenvalue weighted by Gasteiger charge is 2.30. The smallest absolute Gasteiger partial charge is 0.309 e. The van der Waals surface area contributed by atoms with Crippen molar-refractivity contribution in [1.82, 2.24) is 0 Å². The largest absolute Gasteiger partial charge is 0.497 e. The molecule has 20 heavy (non-hydrogen) atoms. The molecule has 0 aromatic heterocycles. The highest BCUT2D eigenvalue weighted by Crippen LogP contribution is 2.34. The quantitative estimate of drug-likeness (QED) is 0.832. The molecule has 0 saturated heterocycles. The molecule has 0 atom stereocenters. The summed E-state index contributed by atoms with van der Waals surface area (Å²) in [5.74, 6) is 0.426. The van der Waals surface area contributed by atoms with Crippen molar-refractivity contribution in [1.29, 1.82) is 0 Å². The van der Waals surface area contributed by atoms with E-state index in [0.29, 0.717) is 24.5 Å². The zero-order chi connectivity index (χ0) is 15.3. The lowest BCUT2D eigenvalue weighted by Gasteiger charge is -2.23. The van der Waals surface area contributed by atoms with E-state index in [-0.39, 0.29) is 0 Å². The summed E-state index contributed by atoms with van der Waals surface area (Å²) < 4.78 is 15.8. The summed E-state index contributed by atoms with van der Waals surface area (Å²) in [6, 6.07) is 3.60. The molecule has 5 nitrogen and oxygen atoms in total. The Bertz CT molecular complexity index is 479. The molecule has 112 valence electrons. The molecule has 0 saturated carbocycles. The SMILES string of the molecule is COCc1cc(OC)cc(OC)c1CC(C)(C)C(=O)O. The molecule has 1 aromatic rings. The Labute approximate surface area is 119 Å². The lowest BCUT2D eigenvalue weighted by Crippen LogP contribution is -2.27. The van der Waals surface area contributed by atoms with Gasteiger partial charge in [0.1, 0.15) is 11.5 Å².